The van der Waals surface area contributed by atoms with E-state index in [1.807, 2.05) is 30.3 Å². The van der Waals surface area contributed by atoms with Crippen LogP contribution < -0.4 is 27.2 Å². The van der Waals surface area contributed by atoms with Crippen LogP contribution >= 0.6 is 0 Å². The lowest BCUT2D eigenvalue weighted by atomic mass is 10.2. The Morgan fingerprint density at radius 1 is 1.17 bits per heavy atom. The number of nitrogens with one attached hydrogen (secondary N) is 2. The molecule has 0 fully saturated rings. The summed E-state index contributed by atoms with van der Waals surface area (Å²) >= 11 is 0. The van der Waals surface area contributed by atoms with Crippen LogP contribution in [0.3, 0.4) is 0 Å². The van der Waals surface area contributed by atoms with Gasteiger partial charge in [-0.1, -0.05) is 30.3 Å². The number of carbonyl (C=O) groups excluding carboxylic acids is 2. The van der Waals surface area contributed by atoms with Crippen molar-refractivity contribution < 1.29 is 14.0 Å². The molecule has 3 rings (SSSR count). The molecule has 10 nitrogen and oxygen atoms in total. The first kappa shape index (κ1) is 20.6. The van der Waals surface area contributed by atoms with Crippen molar-refractivity contribution in [1.29, 1.82) is 0 Å². The quantitative estimate of drug-likeness (QED) is 0.518. The number of anilines is 2. The molecule has 0 atom stereocenters. The van der Waals surface area contributed by atoms with Crippen molar-refractivity contribution in [2.75, 3.05) is 24.2 Å². The maximum atomic E-state index is 12.5. The summed E-state index contributed by atoms with van der Waals surface area (Å²) in [4.78, 5) is 52.2. The molecule has 0 bridgehead atoms. The summed E-state index contributed by atoms with van der Waals surface area (Å²) in [5, 5.41) is 2.55. The molecule has 2 amide bonds. The average molecular weight is 411 g/mol. The number of benzene rings is 1. The molecule has 0 aliphatic rings. The van der Waals surface area contributed by atoms with Crippen LogP contribution in [0.5, 0.6) is 0 Å². The van der Waals surface area contributed by atoms with Crippen molar-refractivity contribution >= 4 is 23.3 Å². The summed E-state index contributed by atoms with van der Waals surface area (Å²) in [6.07, 6.45) is 1.28. The van der Waals surface area contributed by atoms with Gasteiger partial charge in [-0.05, 0) is 17.7 Å². The third-order valence-electron chi connectivity index (χ3n) is 4.48. The SMILES string of the molecule is CN(C(=O)CCNC(=O)c1ccco1)c1c(N)n(Cc2ccccc2)c(=O)[nH]c1=O. The highest BCUT2D eigenvalue weighted by Crippen LogP contribution is 2.17. The number of nitrogens with two attached hydrogens (primary N) is 1. The molecule has 156 valence electrons. The zero-order valence-electron chi connectivity index (χ0n) is 16.3. The molecule has 1 aromatic carbocycles. The number of rotatable bonds is 7. The highest BCUT2D eigenvalue weighted by molar-refractivity contribution is 5.96. The van der Waals surface area contributed by atoms with E-state index in [0.717, 1.165) is 10.5 Å². The van der Waals surface area contributed by atoms with E-state index < -0.39 is 23.1 Å². The molecule has 0 saturated heterocycles. The van der Waals surface area contributed by atoms with Crippen LogP contribution in [0.25, 0.3) is 0 Å². The number of H-pyrrole nitrogens is 1. The van der Waals surface area contributed by atoms with Gasteiger partial charge in [0.25, 0.3) is 11.5 Å². The topological polar surface area (TPSA) is 143 Å². The minimum Gasteiger partial charge on any atom is -0.459 e. The Hall–Kier alpha value is -4.08. The molecule has 0 saturated carbocycles. The van der Waals surface area contributed by atoms with Crippen LogP contribution in [0.1, 0.15) is 22.5 Å². The van der Waals surface area contributed by atoms with Crippen molar-refractivity contribution in [2.45, 2.75) is 13.0 Å². The smallest absolute Gasteiger partial charge is 0.330 e. The molecule has 2 heterocycles. The molecular weight excluding hydrogens is 390 g/mol. The molecule has 0 unspecified atom stereocenters. The third kappa shape index (κ3) is 4.49. The number of aromatic amines is 1. The van der Waals surface area contributed by atoms with Gasteiger partial charge < -0.3 is 20.4 Å². The van der Waals surface area contributed by atoms with Gasteiger partial charge in [0.15, 0.2) is 11.4 Å². The summed E-state index contributed by atoms with van der Waals surface area (Å²) in [6, 6.07) is 12.2. The van der Waals surface area contributed by atoms with Crippen molar-refractivity contribution in [1.82, 2.24) is 14.9 Å². The fourth-order valence-electron chi connectivity index (χ4n) is 2.89. The molecule has 30 heavy (non-hydrogen) atoms. The zero-order chi connectivity index (χ0) is 21.7. The Balaban J connectivity index is 1.74. The van der Waals surface area contributed by atoms with Gasteiger partial charge in [-0.25, -0.2) is 4.79 Å². The predicted octanol–water partition coefficient (Wildman–Crippen LogP) is 0.543. The fraction of sp³-hybridized carbons (Fsp3) is 0.200. The maximum absolute atomic E-state index is 12.5. The molecule has 2 aromatic heterocycles. The van der Waals surface area contributed by atoms with Gasteiger partial charge in [-0.15, -0.1) is 0 Å². The summed E-state index contributed by atoms with van der Waals surface area (Å²) in [6.45, 7) is 0.167. The molecule has 0 radical (unpaired) electrons. The van der Waals surface area contributed by atoms with Crippen molar-refractivity contribution in [3.05, 3.63) is 80.9 Å². The van der Waals surface area contributed by atoms with E-state index in [1.54, 1.807) is 6.07 Å². The number of hydrogen-bond acceptors (Lipinski definition) is 6. The van der Waals surface area contributed by atoms with E-state index in [9.17, 15) is 19.2 Å². The standard InChI is InChI=1S/C20H21N5O5/c1-24(15(26)9-10-22-18(27)14-8-5-11-30-14)16-17(21)25(20(29)23-19(16)28)12-13-6-3-2-4-7-13/h2-8,11H,9-10,12,21H2,1H3,(H,22,27)(H,23,28,29). The number of furan rings is 1. The van der Waals surface area contributed by atoms with Gasteiger partial charge in [0.05, 0.1) is 12.8 Å². The second kappa shape index (κ2) is 8.95. The maximum Gasteiger partial charge on any atom is 0.330 e. The highest BCUT2D eigenvalue weighted by Gasteiger charge is 2.21. The van der Waals surface area contributed by atoms with Gasteiger partial charge in [0.1, 0.15) is 5.82 Å². The Labute approximate surface area is 170 Å². The minimum atomic E-state index is -0.766. The Morgan fingerprint density at radius 3 is 2.57 bits per heavy atom. The van der Waals surface area contributed by atoms with Crippen molar-refractivity contribution in [3.63, 3.8) is 0 Å². The van der Waals surface area contributed by atoms with Crippen LogP contribution in [-0.4, -0.2) is 35.0 Å². The second-order valence-corrected chi connectivity index (χ2v) is 6.50. The fourth-order valence-corrected chi connectivity index (χ4v) is 2.89. The lowest BCUT2D eigenvalue weighted by molar-refractivity contribution is -0.118. The second-order valence-electron chi connectivity index (χ2n) is 6.50. The molecule has 4 N–H and O–H groups in total. The number of aromatic nitrogens is 2. The lowest BCUT2D eigenvalue weighted by Crippen LogP contribution is -2.40. The van der Waals surface area contributed by atoms with Crippen molar-refractivity contribution in [2.24, 2.45) is 0 Å². The first-order valence-corrected chi connectivity index (χ1v) is 9.13. The zero-order valence-corrected chi connectivity index (χ0v) is 16.3. The van der Waals surface area contributed by atoms with E-state index in [0.29, 0.717) is 0 Å². The van der Waals surface area contributed by atoms with E-state index in [2.05, 4.69) is 10.3 Å². The van der Waals surface area contributed by atoms with Crippen LogP contribution in [-0.2, 0) is 11.3 Å². The number of carbonyl (C=O) groups is 2. The largest absolute Gasteiger partial charge is 0.459 e. The highest BCUT2D eigenvalue weighted by atomic mass is 16.3. The predicted molar refractivity (Wildman–Crippen MR) is 110 cm³/mol. The summed E-state index contributed by atoms with van der Waals surface area (Å²) < 4.78 is 6.16. The average Bonchev–Trinajstić information content (AvgIpc) is 3.26. The van der Waals surface area contributed by atoms with E-state index >= 15 is 0 Å². The monoisotopic (exact) mass is 411 g/mol. The van der Waals surface area contributed by atoms with Crippen LogP contribution in [0.4, 0.5) is 11.5 Å². The van der Waals surface area contributed by atoms with Crippen LogP contribution in [0.2, 0.25) is 0 Å². The van der Waals surface area contributed by atoms with Gasteiger partial charge >= 0.3 is 5.69 Å². The Kier molecular flexibility index (Phi) is 6.16. The Morgan fingerprint density at radius 2 is 1.90 bits per heavy atom. The van der Waals surface area contributed by atoms with Gasteiger partial charge in [-0.3, -0.25) is 23.9 Å². The number of amides is 2. The molecule has 10 heteroatoms. The Bertz CT molecular complexity index is 1150. The third-order valence-corrected chi connectivity index (χ3v) is 4.48. The molecule has 3 aromatic rings. The summed E-state index contributed by atoms with van der Waals surface area (Å²) in [5.41, 5.74) is 5.32. The van der Waals surface area contributed by atoms with Gasteiger partial charge in [0.2, 0.25) is 5.91 Å². The summed E-state index contributed by atoms with van der Waals surface area (Å²) in [5.74, 6) is -0.909. The normalized spacial score (nSPS) is 10.6. The molecule has 0 aliphatic carbocycles. The van der Waals surface area contributed by atoms with E-state index in [1.165, 1.54) is 23.9 Å². The number of nitrogens with zero attached hydrogens (tertiary/aromatic N) is 2. The number of hydrogen-bond donors (Lipinski definition) is 3. The number of nitrogen functional groups attached to an aromatic ring is 1. The lowest BCUT2D eigenvalue weighted by Gasteiger charge is -2.20. The van der Waals surface area contributed by atoms with Crippen LogP contribution in [0.15, 0.2) is 62.7 Å². The first-order valence-electron chi connectivity index (χ1n) is 9.13. The van der Waals surface area contributed by atoms with Crippen molar-refractivity contribution in [3.8, 4) is 0 Å². The van der Waals surface area contributed by atoms with E-state index in [-0.39, 0.29) is 36.8 Å². The molecule has 0 aliphatic heterocycles. The molecular formula is C20H21N5O5. The van der Waals surface area contributed by atoms with E-state index in [4.69, 9.17) is 10.2 Å². The van der Waals surface area contributed by atoms with Gasteiger partial charge in [-0.2, -0.15) is 0 Å². The minimum absolute atomic E-state index is 0.0319. The molecule has 0 spiro atoms. The summed E-state index contributed by atoms with van der Waals surface area (Å²) in [7, 11) is 1.38. The van der Waals surface area contributed by atoms with Gasteiger partial charge in [0, 0.05) is 20.0 Å². The first-order chi connectivity index (χ1) is 14.4. The van der Waals surface area contributed by atoms with Crippen LogP contribution in [0, 0.1) is 0 Å².